The number of benzene rings is 4. The number of hydrogen-bond donors (Lipinski definition) is 1. The zero-order valence-corrected chi connectivity index (χ0v) is 14.3. The monoisotopic (exact) mass is 323 g/mol. The lowest BCUT2D eigenvalue weighted by atomic mass is 9.97. The first-order valence-corrected chi connectivity index (χ1v) is 8.66. The summed E-state index contributed by atoms with van der Waals surface area (Å²) in [7, 11) is 0. The minimum atomic E-state index is 0.128. The van der Waals surface area contributed by atoms with Crippen molar-refractivity contribution in [1.82, 2.24) is 0 Å². The molecule has 0 spiro atoms. The van der Waals surface area contributed by atoms with Gasteiger partial charge in [0.2, 0.25) is 0 Å². The van der Waals surface area contributed by atoms with E-state index in [4.69, 9.17) is 0 Å². The summed E-state index contributed by atoms with van der Waals surface area (Å²) in [6, 6.07) is 34.5. The summed E-state index contributed by atoms with van der Waals surface area (Å²) in [5.74, 6) is 0. The number of hydrogen-bond acceptors (Lipinski definition) is 1. The maximum absolute atomic E-state index is 3.72. The molecule has 0 heterocycles. The van der Waals surface area contributed by atoms with Crippen LogP contribution in [0.4, 0.5) is 5.69 Å². The van der Waals surface area contributed by atoms with Crippen LogP contribution in [0.3, 0.4) is 0 Å². The highest BCUT2D eigenvalue weighted by Crippen LogP contribution is 2.28. The Bertz CT molecular complexity index is 972. The Kier molecular flexibility index (Phi) is 4.22. The summed E-state index contributed by atoms with van der Waals surface area (Å²) in [5, 5.41) is 6.24. The SMILES string of the molecule is Cc1ccc(C(Nc2ccc3ccccc3c2)c2ccccc2)cc1. The first-order chi connectivity index (χ1) is 12.3. The minimum absolute atomic E-state index is 0.128. The Morgan fingerprint density at radius 1 is 0.600 bits per heavy atom. The fraction of sp³-hybridized carbons (Fsp3) is 0.0833. The van der Waals surface area contributed by atoms with Crippen molar-refractivity contribution in [3.63, 3.8) is 0 Å². The summed E-state index contributed by atoms with van der Waals surface area (Å²) >= 11 is 0. The summed E-state index contributed by atoms with van der Waals surface area (Å²) in [5.41, 5.74) is 4.94. The molecular formula is C24H21N. The molecule has 0 saturated carbocycles. The van der Waals surface area contributed by atoms with Gasteiger partial charge in [0.15, 0.2) is 0 Å². The molecule has 1 atom stereocenters. The largest absolute Gasteiger partial charge is 0.374 e. The van der Waals surface area contributed by atoms with Crippen molar-refractivity contribution in [3.05, 3.63) is 114 Å². The fourth-order valence-electron chi connectivity index (χ4n) is 3.21. The van der Waals surface area contributed by atoms with E-state index in [-0.39, 0.29) is 6.04 Å². The predicted molar refractivity (Wildman–Crippen MR) is 107 cm³/mol. The van der Waals surface area contributed by atoms with Gasteiger partial charge >= 0.3 is 0 Å². The van der Waals surface area contributed by atoms with E-state index in [2.05, 4.69) is 109 Å². The first-order valence-electron chi connectivity index (χ1n) is 8.66. The zero-order chi connectivity index (χ0) is 17.1. The van der Waals surface area contributed by atoms with Gasteiger partial charge in [0.05, 0.1) is 6.04 Å². The van der Waals surface area contributed by atoms with Crippen LogP contribution >= 0.6 is 0 Å². The van der Waals surface area contributed by atoms with E-state index < -0.39 is 0 Å². The van der Waals surface area contributed by atoms with E-state index in [1.807, 2.05) is 0 Å². The molecule has 0 aromatic heterocycles. The molecule has 0 fully saturated rings. The number of nitrogens with one attached hydrogen (secondary N) is 1. The maximum atomic E-state index is 3.72. The first kappa shape index (κ1) is 15.5. The lowest BCUT2D eigenvalue weighted by molar-refractivity contribution is 0.939. The summed E-state index contributed by atoms with van der Waals surface area (Å²) in [6.07, 6.45) is 0. The zero-order valence-electron chi connectivity index (χ0n) is 14.3. The fourth-order valence-corrected chi connectivity index (χ4v) is 3.21. The van der Waals surface area contributed by atoms with Gasteiger partial charge in [0.25, 0.3) is 0 Å². The van der Waals surface area contributed by atoms with E-state index in [9.17, 15) is 0 Å². The molecule has 122 valence electrons. The number of rotatable bonds is 4. The maximum Gasteiger partial charge on any atom is 0.0767 e. The lowest BCUT2D eigenvalue weighted by Gasteiger charge is -2.21. The Hall–Kier alpha value is -3.06. The van der Waals surface area contributed by atoms with Crippen molar-refractivity contribution >= 4 is 16.5 Å². The van der Waals surface area contributed by atoms with Crippen LogP contribution in [-0.4, -0.2) is 0 Å². The molecule has 1 nitrogen and oxygen atoms in total. The molecule has 4 rings (SSSR count). The van der Waals surface area contributed by atoms with Gasteiger partial charge in [-0.05, 0) is 41.0 Å². The smallest absolute Gasteiger partial charge is 0.0767 e. The molecule has 25 heavy (non-hydrogen) atoms. The molecule has 4 aromatic rings. The molecule has 0 bridgehead atoms. The average molecular weight is 323 g/mol. The van der Waals surface area contributed by atoms with Gasteiger partial charge in [-0.1, -0.05) is 90.5 Å². The number of aryl methyl sites for hydroxylation is 1. The molecule has 0 amide bonds. The second-order valence-corrected chi connectivity index (χ2v) is 6.46. The third-order valence-electron chi connectivity index (χ3n) is 4.60. The van der Waals surface area contributed by atoms with E-state index in [1.54, 1.807) is 0 Å². The minimum Gasteiger partial charge on any atom is -0.374 e. The van der Waals surface area contributed by atoms with Gasteiger partial charge in [0.1, 0.15) is 0 Å². The Morgan fingerprint density at radius 3 is 2.00 bits per heavy atom. The molecule has 0 aliphatic rings. The third-order valence-corrected chi connectivity index (χ3v) is 4.60. The highest BCUT2D eigenvalue weighted by molar-refractivity contribution is 5.85. The van der Waals surface area contributed by atoms with E-state index in [1.165, 1.54) is 27.5 Å². The second kappa shape index (κ2) is 6.82. The van der Waals surface area contributed by atoms with Gasteiger partial charge < -0.3 is 5.32 Å². The Morgan fingerprint density at radius 2 is 1.24 bits per heavy atom. The molecule has 0 saturated heterocycles. The highest BCUT2D eigenvalue weighted by atomic mass is 14.9. The van der Waals surface area contributed by atoms with Gasteiger partial charge in [-0.2, -0.15) is 0 Å². The third kappa shape index (κ3) is 3.41. The van der Waals surface area contributed by atoms with Crippen molar-refractivity contribution in [1.29, 1.82) is 0 Å². The number of anilines is 1. The molecule has 0 aliphatic heterocycles. The van der Waals surface area contributed by atoms with E-state index in [0.717, 1.165) is 5.69 Å². The topological polar surface area (TPSA) is 12.0 Å². The summed E-state index contributed by atoms with van der Waals surface area (Å²) in [6.45, 7) is 2.12. The van der Waals surface area contributed by atoms with Gasteiger partial charge in [-0.25, -0.2) is 0 Å². The van der Waals surface area contributed by atoms with Gasteiger partial charge in [0, 0.05) is 5.69 Å². The van der Waals surface area contributed by atoms with Gasteiger partial charge in [-0.3, -0.25) is 0 Å². The van der Waals surface area contributed by atoms with Crippen LogP contribution in [0.15, 0.2) is 97.1 Å². The Balaban J connectivity index is 1.73. The lowest BCUT2D eigenvalue weighted by Crippen LogP contribution is -2.12. The highest BCUT2D eigenvalue weighted by Gasteiger charge is 2.14. The second-order valence-electron chi connectivity index (χ2n) is 6.46. The molecule has 4 aromatic carbocycles. The van der Waals surface area contributed by atoms with E-state index >= 15 is 0 Å². The van der Waals surface area contributed by atoms with Crippen molar-refractivity contribution in [3.8, 4) is 0 Å². The molecule has 0 radical (unpaired) electrons. The molecule has 1 heteroatoms. The quantitative estimate of drug-likeness (QED) is 0.461. The molecular weight excluding hydrogens is 302 g/mol. The Labute approximate surface area is 149 Å². The average Bonchev–Trinajstić information content (AvgIpc) is 2.67. The molecule has 0 aliphatic carbocycles. The van der Waals surface area contributed by atoms with Crippen molar-refractivity contribution in [2.24, 2.45) is 0 Å². The standard InChI is InChI=1S/C24H21N/c1-18-11-13-21(14-12-18)24(20-8-3-2-4-9-20)25-23-16-15-19-7-5-6-10-22(19)17-23/h2-17,24-25H,1H3. The summed E-state index contributed by atoms with van der Waals surface area (Å²) < 4.78 is 0. The van der Waals surface area contributed by atoms with Crippen LogP contribution in [0.1, 0.15) is 22.7 Å². The molecule has 1 N–H and O–H groups in total. The van der Waals surface area contributed by atoms with Gasteiger partial charge in [-0.15, -0.1) is 0 Å². The molecule has 1 unspecified atom stereocenters. The van der Waals surface area contributed by atoms with Crippen molar-refractivity contribution < 1.29 is 0 Å². The normalized spacial score (nSPS) is 12.0. The van der Waals surface area contributed by atoms with Crippen molar-refractivity contribution in [2.45, 2.75) is 13.0 Å². The predicted octanol–water partition coefficient (Wildman–Crippen LogP) is 6.35. The van der Waals surface area contributed by atoms with Crippen LogP contribution in [0, 0.1) is 6.92 Å². The van der Waals surface area contributed by atoms with Crippen LogP contribution in [-0.2, 0) is 0 Å². The van der Waals surface area contributed by atoms with Crippen LogP contribution in [0.2, 0.25) is 0 Å². The number of fused-ring (bicyclic) bond motifs is 1. The summed E-state index contributed by atoms with van der Waals surface area (Å²) in [4.78, 5) is 0. The van der Waals surface area contributed by atoms with Crippen LogP contribution < -0.4 is 5.32 Å². The van der Waals surface area contributed by atoms with E-state index in [0.29, 0.717) is 0 Å². The van der Waals surface area contributed by atoms with Crippen molar-refractivity contribution in [2.75, 3.05) is 5.32 Å². The van der Waals surface area contributed by atoms with Crippen LogP contribution in [0.25, 0.3) is 10.8 Å². The van der Waals surface area contributed by atoms with Crippen LogP contribution in [0.5, 0.6) is 0 Å².